The van der Waals surface area contributed by atoms with Crippen LogP contribution in [-0.4, -0.2) is 25.5 Å². The Bertz CT molecular complexity index is 354. The molecule has 1 aliphatic carbocycles. The molecule has 0 fully saturated rings. The first kappa shape index (κ1) is 11.7. The maximum absolute atomic E-state index is 2.44. The molecule has 0 saturated carbocycles. The van der Waals surface area contributed by atoms with E-state index >= 15 is 0 Å². The summed E-state index contributed by atoms with van der Waals surface area (Å²) in [5, 5.41) is 0. The first-order valence-electron chi connectivity index (χ1n) is 6.40. The van der Waals surface area contributed by atoms with E-state index < -0.39 is 0 Å². The molecule has 0 aromatic heterocycles. The maximum atomic E-state index is 2.44. The van der Waals surface area contributed by atoms with Gasteiger partial charge in [-0.3, -0.25) is 0 Å². The van der Waals surface area contributed by atoms with E-state index in [-0.39, 0.29) is 0 Å². The number of hydrogen-bond donors (Lipinski definition) is 0. The quantitative estimate of drug-likeness (QED) is 0.752. The fourth-order valence-electron chi connectivity index (χ4n) is 2.50. The lowest BCUT2D eigenvalue weighted by Crippen LogP contribution is -2.16. The predicted molar refractivity (Wildman–Crippen MR) is 69.9 cm³/mol. The van der Waals surface area contributed by atoms with E-state index in [1.807, 2.05) is 0 Å². The van der Waals surface area contributed by atoms with E-state index in [1.165, 1.54) is 31.2 Å². The molecule has 0 N–H and O–H groups in total. The summed E-state index contributed by atoms with van der Waals surface area (Å²) in [7, 11) is 4.28. The van der Waals surface area contributed by atoms with Crippen LogP contribution in [0.4, 0.5) is 0 Å². The number of aryl methyl sites for hydroxylation is 1. The summed E-state index contributed by atoms with van der Waals surface area (Å²) in [6.07, 6.45) is 5.11. The minimum absolute atomic E-state index is 0.875. The molecule has 1 atom stereocenters. The van der Waals surface area contributed by atoms with Crippen molar-refractivity contribution in [3.8, 4) is 0 Å². The highest BCUT2D eigenvalue weighted by Gasteiger charge is 2.14. The van der Waals surface area contributed by atoms with Crippen LogP contribution in [0.3, 0.4) is 0 Å². The van der Waals surface area contributed by atoms with Crippen LogP contribution in [0.1, 0.15) is 30.0 Å². The average Bonchev–Trinajstić information content (AvgIpc) is 2.26. The summed E-state index contributed by atoms with van der Waals surface area (Å²) in [6.45, 7) is 3.51. The van der Waals surface area contributed by atoms with E-state index in [2.05, 4.69) is 44.1 Å². The highest BCUT2D eigenvalue weighted by molar-refractivity contribution is 5.34. The van der Waals surface area contributed by atoms with Gasteiger partial charge in [-0.25, -0.2) is 0 Å². The van der Waals surface area contributed by atoms with Crippen molar-refractivity contribution in [3.63, 3.8) is 0 Å². The number of fused-ring (bicyclic) bond motifs is 1. The van der Waals surface area contributed by atoms with Crippen molar-refractivity contribution in [2.75, 3.05) is 20.6 Å². The van der Waals surface area contributed by atoms with Gasteiger partial charge in [0, 0.05) is 6.54 Å². The fraction of sp³-hybridized carbons (Fsp3) is 0.600. The van der Waals surface area contributed by atoms with Crippen molar-refractivity contribution in [1.29, 1.82) is 0 Å². The lowest BCUT2D eigenvalue weighted by Gasteiger charge is -2.22. The molecular weight excluding hydrogens is 194 g/mol. The molecule has 0 bridgehead atoms. The monoisotopic (exact) mass is 217 g/mol. The maximum Gasteiger partial charge on any atom is 0.00157 e. The van der Waals surface area contributed by atoms with Crippen LogP contribution in [-0.2, 0) is 19.3 Å². The van der Waals surface area contributed by atoms with Crippen LogP contribution in [0, 0.1) is 5.92 Å². The normalized spacial score (nSPS) is 19.9. The molecular formula is C15H23N. The highest BCUT2D eigenvalue weighted by Crippen LogP contribution is 2.26. The van der Waals surface area contributed by atoms with Crippen LogP contribution in [0.15, 0.2) is 18.2 Å². The molecule has 0 saturated heterocycles. The van der Waals surface area contributed by atoms with Crippen LogP contribution in [0.25, 0.3) is 0 Å². The second-order valence-electron chi connectivity index (χ2n) is 5.50. The van der Waals surface area contributed by atoms with E-state index in [9.17, 15) is 0 Å². The number of benzene rings is 1. The largest absolute Gasteiger partial charge is 0.309 e. The molecule has 0 radical (unpaired) electrons. The zero-order chi connectivity index (χ0) is 11.5. The van der Waals surface area contributed by atoms with Crippen molar-refractivity contribution in [3.05, 3.63) is 34.9 Å². The highest BCUT2D eigenvalue weighted by atomic mass is 15.0. The molecule has 0 aliphatic heterocycles. The van der Waals surface area contributed by atoms with Crippen molar-refractivity contribution in [2.24, 2.45) is 5.92 Å². The topological polar surface area (TPSA) is 3.24 Å². The van der Waals surface area contributed by atoms with Gasteiger partial charge in [-0.15, -0.1) is 0 Å². The van der Waals surface area contributed by atoms with E-state index in [1.54, 1.807) is 11.1 Å². The Hall–Kier alpha value is -0.820. The smallest absolute Gasteiger partial charge is 0.00157 e. The minimum atomic E-state index is 0.875. The molecule has 16 heavy (non-hydrogen) atoms. The predicted octanol–water partition coefficient (Wildman–Crippen LogP) is 2.92. The van der Waals surface area contributed by atoms with Crippen LogP contribution in [0.5, 0.6) is 0 Å². The van der Waals surface area contributed by atoms with Gasteiger partial charge in [-0.2, -0.15) is 0 Å². The van der Waals surface area contributed by atoms with Crippen molar-refractivity contribution >= 4 is 0 Å². The molecule has 0 amide bonds. The summed E-state index contributed by atoms with van der Waals surface area (Å²) in [6, 6.07) is 7.11. The molecule has 2 rings (SSSR count). The standard InChI is InChI=1S/C15H23N/c1-12-4-6-15-11-13(8-9-16(2)3)5-7-14(15)10-12/h5,7,11-12H,4,6,8-10H2,1-3H3. The molecule has 1 heteroatoms. The molecule has 1 aromatic carbocycles. The lowest BCUT2D eigenvalue weighted by molar-refractivity contribution is 0.413. The molecule has 1 aromatic rings. The first-order chi connectivity index (χ1) is 7.65. The third-order valence-corrected chi connectivity index (χ3v) is 3.59. The van der Waals surface area contributed by atoms with Gasteiger partial charge in [0.2, 0.25) is 0 Å². The van der Waals surface area contributed by atoms with Gasteiger partial charge in [0.15, 0.2) is 0 Å². The second kappa shape index (κ2) is 5.01. The number of likely N-dealkylation sites (N-methyl/N-ethyl adjacent to an activating group) is 1. The van der Waals surface area contributed by atoms with Gasteiger partial charge in [0.05, 0.1) is 0 Å². The number of rotatable bonds is 3. The van der Waals surface area contributed by atoms with Gasteiger partial charge >= 0.3 is 0 Å². The zero-order valence-electron chi connectivity index (χ0n) is 10.8. The average molecular weight is 217 g/mol. The molecule has 1 nitrogen and oxygen atoms in total. The Kier molecular flexibility index (Phi) is 3.65. The summed E-state index contributed by atoms with van der Waals surface area (Å²) < 4.78 is 0. The van der Waals surface area contributed by atoms with Crippen molar-refractivity contribution in [1.82, 2.24) is 4.90 Å². The summed E-state index contributed by atoms with van der Waals surface area (Å²) in [5.41, 5.74) is 4.70. The van der Waals surface area contributed by atoms with Crippen LogP contribution < -0.4 is 0 Å². The Morgan fingerprint density at radius 1 is 1.25 bits per heavy atom. The number of hydrogen-bond acceptors (Lipinski definition) is 1. The Morgan fingerprint density at radius 2 is 2.06 bits per heavy atom. The Morgan fingerprint density at radius 3 is 2.81 bits per heavy atom. The molecule has 1 aliphatic rings. The van der Waals surface area contributed by atoms with Gasteiger partial charge in [-0.1, -0.05) is 25.1 Å². The van der Waals surface area contributed by atoms with Crippen molar-refractivity contribution < 1.29 is 0 Å². The van der Waals surface area contributed by atoms with Gasteiger partial charge < -0.3 is 4.90 Å². The Labute approximate surface area is 99.5 Å². The third-order valence-electron chi connectivity index (χ3n) is 3.59. The number of nitrogens with zero attached hydrogens (tertiary/aromatic N) is 1. The SMILES string of the molecule is CC1CCc2cc(CCN(C)C)ccc2C1. The molecule has 1 unspecified atom stereocenters. The summed E-state index contributed by atoms with van der Waals surface area (Å²) >= 11 is 0. The summed E-state index contributed by atoms with van der Waals surface area (Å²) in [5.74, 6) is 0.875. The molecule has 0 heterocycles. The van der Waals surface area contributed by atoms with Gasteiger partial charge in [0.1, 0.15) is 0 Å². The van der Waals surface area contributed by atoms with E-state index in [0.717, 1.165) is 12.5 Å². The third kappa shape index (κ3) is 2.85. The molecule has 0 spiro atoms. The first-order valence-corrected chi connectivity index (χ1v) is 6.40. The van der Waals surface area contributed by atoms with Crippen molar-refractivity contribution in [2.45, 2.75) is 32.6 Å². The summed E-state index contributed by atoms with van der Waals surface area (Å²) in [4.78, 5) is 2.25. The van der Waals surface area contributed by atoms with Gasteiger partial charge in [0.25, 0.3) is 0 Å². The lowest BCUT2D eigenvalue weighted by atomic mass is 9.84. The Balaban J connectivity index is 2.07. The fourth-order valence-corrected chi connectivity index (χ4v) is 2.50. The van der Waals surface area contributed by atoms with Gasteiger partial charge in [-0.05, 0) is 62.4 Å². The van der Waals surface area contributed by atoms with Crippen LogP contribution >= 0.6 is 0 Å². The van der Waals surface area contributed by atoms with E-state index in [0.29, 0.717) is 0 Å². The van der Waals surface area contributed by atoms with E-state index in [4.69, 9.17) is 0 Å². The molecule has 88 valence electrons. The zero-order valence-corrected chi connectivity index (χ0v) is 10.8. The second-order valence-corrected chi connectivity index (χ2v) is 5.50. The minimum Gasteiger partial charge on any atom is -0.309 e. The van der Waals surface area contributed by atoms with Crippen LogP contribution in [0.2, 0.25) is 0 Å².